The van der Waals surface area contributed by atoms with Crippen LogP contribution in [-0.2, 0) is 11.3 Å². The Kier molecular flexibility index (Phi) is 6.16. The summed E-state index contributed by atoms with van der Waals surface area (Å²) < 4.78 is 0. The first kappa shape index (κ1) is 16.2. The maximum Gasteiger partial charge on any atom is 0.320 e. The summed E-state index contributed by atoms with van der Waals surface area (Å²) in [5.74, 6) is -0.769. The number of nitrogens with one attached hydrogen (secondary N) is 1. The van der Waals surface area contributed by atoms with E-state index >= 15 is 0 Å². The highest BCUT2D eigenvalue weighted by molar-refractivity contribution is 5.73. The molecular weight excluding hydrogens is 274 g/mol. The topological polar surface area (TPSA) is 49.3 Å². The van der Waals surface area contributed by atoms with Gasteiger partial charge in [0.1, 0.15) is 6.04 Å². The fourth-order valence-corrected chi connectivity index (χ4v) is 2.41. The molecule has 3 heteroatoms. The third-order valence-electron chi connectivity index (χ3n) is 3.76. The molecule has 0 heterocycles. The van der Waals surface area contributed by atoms with Crippen molar-refractivity contribution >= 4 is 5.97 Å². The number of rotatable bonds is 8. The van der Waals surface area contributed by atoms with Crippen molar-refractivity contribution in [1.29, 1.82) is 0 Å². The van der Waals surface area contributed by atoms with E-state index in [0.29, 0.717) is 13.0 Å². The lowest BCUT2D eigenvalue weighted by molar-refractivity contribution is -0.139. The molecule has 2 aromatic rings. The Morgan fingerprint density at radius 1 is 1.05 bits per heavy atom. The van der Waals surface area contributed by atoms with Gasteiger partial charge in [0.2, 0.25) is 0 Å². The second-order valence-corrected chi connectivity index (χ2v) is 5.48. The van der Waals surface area contributed by atoms with Gasteiger partial charge in [0.25, 0.3) is 0 Å². The van der Waals surface area contributed by atoms with Crippen LogP contribution in [0, 0.1) is 0 Å². The predicted molar refractivity (Wildman–Crippen MR) is 89.7 cm³/mol. The van der Waals surface area contributed by atoms with Crippen LogP contribution >= 0.6 is 0 Å². The van der Waals surface area contributed by atoms with Gasteiger partial charge in [-0.25, -0.2) is 0 Å². The zero-order chi connectivity index (χ0) is 15.8. The monoisotopic (exact) mass is 297 g/mol. The number of carboxylic acid groups (broad SMARTS) is 1. The van der Waals surface area contributed by atoms with E-state index in [1.54, 1.807) is 0 Å². The first-order valence-electron chi connectivity index (χ1n) is 7.81. The summed E-state index contributed by atoms with van der Waals surface area (Å²) in [6.45, 7) is 2.65. The number of aliphatic carboxylic acids is 1. The third kappa shape index (κ3) is 4.71. The second kappa shape index (κ2) is 8.35. The van der Waals surface area contributed by atoms with Crippen molar-refractivity contribution in [2.75, 3.05) is 0 Å². The van der Waals surface area contributed by atoms with Gasteiger partial charge in [0.15, 0.2) is 0 Å². The highest BCUT2D eigenvalue weighted by Gasteiger charge is 2.15. The molecule has 0 fully saturated rings. The summed E-state index contributed by atoms with van der Waals surface area (Å²) in [5, 5.41) is 12.3. The Morgan fingerprint density at radius 3 is 2.27 bits per heavy atom. The molecule has 0 spiro atoms. The van der Waals surface area contributed by atoms with E-state index in [1.165, 1.54) is 11.1 Å². The molecule has 0 saturated heterocycles. The molecule has 2 N–H and O–H groups in total. The maximum absolute atomic E-state index is 11.2. The fourth-order valence-electron chi connectivity index (χ4n) is 2.41. The molecule has 1 unspecified atom stereocenters. The van der Waals surface area contributed by atoms with Gasteiger partial charge in [0, 0.05) is 6.54 Å². The van der Waals surface area contributed by atoms with Crippen molar-refractivity contribution in [3.8, 4) is 11.1 Å². The lowest BCUT2D eigenvalue weighted by Crippen LogP contribution is -2.36. The zero-order valence-corrected chi connectivity index (χ0v) is 13.0. The molecule has 0 aliphatic carbocycles. The number of carboxylic acids is 1. The minimum atomic E-state index is -0.769. The molecule has 0 amide bonds. The molecule has 0 saturated carbocycles. The van der Waals surface area contributed by atoms with E-state index < -0.39 is 12.0 Å². The van der Waals surface area contributed by atoms with Crippen LogP contribution < -0.4 is 5.32 Å². The fraction of sp³-hybridized carbons (Fsp3) is 0.316. The zero-order valence-electron chi connectivity index (χ0n) is 13.0. The van der Waals surface area contributed by atoms with Crippen LogP contribution in [-0.4, -0.2) is 17.1 Å². The quantitative estimate of drug-likeness (QED) is 0.771. The van der Waals surface area contributed by atoms with Crippen LogP contribution in [0.15, 0.2) is 54.6 Å². The Morgan fingerprint density at radius 2 is 1.68 bits per heavy atom. The Hall–Kier alpha value is -2.13. The van der Waals surface area contributed by atoms with Gasteiger partial charge in [0.05, 0.1) is 0 Å². The smallest absolute Gasteiger partial charge is 0.320 e. The van der Waals surface area contributed by atoms with E-state index in [1.807, 2.05) is 30.3 Å². The molecule has 0 aromatic heterocycles. The van der Waals surface area contributed by atoms with Crippen LogP contribution in [0.4, 0.5) is 0 Å². The summed E-state index contributed by atoms with van der Waals surface area (Å²) in [6.07, 6.45) is 2.61. The molecule has 1 atom stereocenters. The number of hydrogen-bond acceptors (Lipinski definition) is 2. The first-order valence-corrected chi connectivity index (χ1v) is 7.81. The number of carbonyl (C=O) groups is 1. The van der Waals surface area contributed by atoms with Gasteiger partial charge >= 0.3 is 5.97 Å². The summed E-state index contributed by atoms with van der Waals surface area (Å²) >= 11 is 0. The third-order valence-corrected chi connectivity index (χ3v) is 3.76. The molecule has 0 aliphatic heterocycles. The van der Waals surface area contributed by atoms with Gasteiger partial charge in [-0.05, 0) is 23.1 Å². The van der Waals surface area contributed by atoms with Gasteiger partial charge in [-0.15, -0.1) is 0 Å². The molecule has 2 rings (SSSR count). The Bertz CT molecular complexity index is 578. The molecule has 0 aliphatic rings. The van der Waals surface area contributed by atoms with Gasteiger partial charge in [-0.2, -0.15) is 0 Å². The standard InChI is InChI=1S/C19H23NO2/c1-2-3-9-18(19(21)22)20-14-15-10-12-17(13-11-15)16-7-5-4-6-8-16/h4-8,10-13,18,20H,2-3,9,14H2,1H3,(H,21,22). The van der Waals surface area contributed by atoms with Crippen LogP contribution in [0.3, 0.4) is 0 Å². The average Bonchev–Trinajstić information content (AvgIpc) is 2.56. The molecule has 2 aromatic carbocycles. The summed E-state index contributed by atoms with van der Waals surface area (Å²) in [6, 6.07) is 18.0. The summed E-state index contributed by atoms with van der Waals surface area (Å²) in [7, 11) is 0. The van der Waals surface area contributed by atoms with Crippen LogP contribution in [0.5, 0.6) is 0 Å². The highest BCUT2D eigenvalue weighted by atomic mass is 16.4. The van der Waals surface area contributed by atoms with Crippen LogP contribution in [0.25, 0.3) is 11.1 Å². The number of unbranched alkanes of at least 4 members (excludes halogenated alkanes) is 1. The lowest BCUT2D eigenvalue weighted by atomic mass is 10.0. The van der Waals surface area contributed by atoms with Crippen molar-refractivity contribution in [3.63, 3.8) is 0 Å². The SMILES string of the molecule is CCCCC(NCc1ccc(-c2ccccc2)cc1)C(=O)O. The van der Waals surface area contributed by atoms with Crippen molar-refractivity contribution in [2.24, 2.45) is 0 Å². The maximum atomic E-state index is 11.2. The number of benzene rings is 2. The van der Waals surface area contributed by atoms with E-state index in [0.717, 1.165) is 18.4 Å². The van der Waals surface area contributed by atoms with Gasteiger partial charge < -0.3 is 10.4 Å². The minimum Gasteiger partial charge on any atom is -0.480 e. The molecular formula is C19H23NO2. The van der Waals surface area contributed by atoms with E-state index in [4.69, 9.17) is 0 Å². The van der Waals surface area contributed by atoms with E-state index in [2.05, 4.69) is 36.5 Å². The molecule has 0 radical (unpaired) electrons. The first-order chi connectivity index (χ1) is 10.7. The molecule has 22 heavy (non-hydrogen) atoms. The second-order valence-electron chi connectivity index (χ2n) is 5.48. The van der Waals surface area contributed by atoms with Gasteiger partial charge in [-0.3, -0.25) is 4.79 Å². The number of hydrogen-bond donors (Lipinski definition) is 2. The van der Waals surface area contributed by atoms with Crippen molar-refractivity contribution in [2.45, 2.75) is 38.8 Å². The van der Waals surface area contributed by atoms with E-state index in [-0.39, 0.29) is 0 Å². The minimum absolute atomic E-state index is 0.464. The molecule has 3 nitrogen and oxygen atoms in total. The predicted octanol–water partition coefficient (Wildman–Crippen LogP) is 4.09. The lowest BCUT2D eigenvalue weighted by Gasteiger charge is -2.14. The average molecular weight is 297 g/mol. The molecule has 0 bridgehead atoms. The van der Waals surface area contributed by atoms with Crippen LogP contribution in [0.1, 0.15) is 31.7 Å². The highest BCUT2D eigenvalue weighted by Crippen LogP contribution is 2.19. The van der Waals surface area contributed by atoms with Crippen LogP contribution in [0.2, 0.25) is 0 Å². The summed E-state index contributed by atoms with van der Waals surface area (Å²) in [4.78, 5) is 11.2. The van der Waals surface area contributed by atoms with E-state index in [9.17, 15) is 9.90 Å². The Labute approximate surface area is 132 Å². The van der Waals surface area contributed by atoms with Gasteiger partial charge in [-0.1, -0.05) is 74.4 Å². The Balaban J connectivity index is 1.95. The summed E-state index contributed by atoms with van der Waals surface area (Å²) in [5.41, 5.74) is 3.46. The van der Waals surface area contributed by atoms with Crippen molar-refractivity contribution < 1.29 is 9.90 Å². The normalized spacial score (nSPS) is 12.0. The molecule has 116 valence electrons. The van der Waals surface area contributed by atoms with Crippen molar-refractivity contribution in [3.05, 3.63) is 60.2 Å². The largest absolute Gasteiger partial charge is 0.480 e. The van der Waals surface area contributed by atoms with Crippen molar-refractivity contribution in [1.82, 2.24) is 5.32 Å².